The minimum atomic E-state index is -0.0990. The fourth-order valence-electron chi connectivity index (χ4n) is 2.12. The number of ether oxygens (including phenoxy) is 2. The van der Waals surface area contributed by atoms with Gasteiger partial charge in [-0.2, -0.15) is 0 Å². The van der Waals surface area contributed by atoms with Gasteiger partial charge in [-0.25, -0.2) is 0 Å². The van der Waals surface area contributed by atoms with Crippen LogP contribution in [-0.4, -0.2) is 37.8 Å². The second kappa shape index (κ2) is 6.04. The molecule has 0 spiro atoms. The molecular weight excluding hydrogens is 244 g/mol. The number of amides is 1. The van der Waals surface area contributed by atoms with Crippen molar-refractivity contribution in [2.45, 2.75) is 26.0 Å². The first kappa shape index (κ1) is 13.8. The predicted octanol–water partition coefficient (Wildman–Crippen LogP) is 1.16. The molecule has 5 heteroatoms. The minimum absolute atomic E-state index is 0.0563. The Balaban J connectivity index is 2.17. The third-order valence-electron chi connectivity index (χ3n) is 2.93. The van der Waals surface area contributed by atoms with E-state index in [0.29, 0.717) is 13.2 Å². The Bertz CT molecular complexity index is 431. The van der Waals surface area contributed by atoms with E-state index in [9.17, 15) is 4.79 Å². The second-order valence-electron chi connectivity index (χ2n) is 4.83. The van der Waals surface area contributed by atoms with Crippen LogP contribution in [0.5, 0.6) is 5.75 Å². The molecule has 1 heterocycles. The molecule has 1 unspecified atom stereocenters. The van der Waals surface area contributed by atoms with Crippen molar-refractivity contribution in [1.82, 2.24) is 0 Å². The van der Waals surface area contributed by atoms with Gasteiger partial charge in [-0.3, -0.25) is 4.79 Å². The quantitative estimate of drug-likeness (QED) is 0.886. The Morgan fingerprint density at radius 1 is 1.42 bits per heavy atom. The molecule has 0 aromatic heterocycles. The zero-order chi connectivity index (χ0) is 13.8. The molecule has 19 heavy (non-hydrogen) atoms. The maximum absolute atomic E-state index is 11.9. The van der Waals surface area contributed by atoms with Crippen LogP contribution in [0.2, 0.25) is 0 Å². The van der Waals surface area contributed by atoms with E-state index in [1.165, 1.54) is 0 Å². The van der Waals surface area contributed by atoms with Gasteiger partial charge in [0, 0.05) is 12.2 Å². The van der Waals surface area contributed by atoms with Crippen LogP contribution in [0.25, 0.3) is 0 Å². The highest BCUT2D eigenvalue weighted by Gasteiger charge is 2.28. The Morgan fingerprint density at radius 2 is 2.11 bits per heavy atom. The van der Waals surface area contributed by atoms with Crippen molar-refractivity contribution in [3.05, 3.63) is 24.3 Å². The van der Waals surface area contributed by atoms with Gasteiger partial charge in [0.15, 0.2) is 0 Å². The average molecular weight is 264 g/mol. The molecule has 0 radical (unpaired) electrons. The topological polar surface area (TPSA) is 64.8 Å². The van der Waals surface area contributed by atoms with Crippen LogP contribution in [0.4, 0.5) is 5.69 Å². The highest BCUT2D eigenvalue weighted by Crippen LogP contribution is 2.23. The zero-order valence-electron chi connectivity index (χ0n) is 11.3. The number of benzene rings is 1. The fourth-order valence-corrected chi connectivity index (χ4v) is 2.12. The van der Waals surface area contributed by atoms with Gasteiger partial charge in [-0.1, -0.05) is 0 Å². The molecule has 2 rings (SSSR count). The van der Waals surface area contributed by atoms with Crippen molar-refractivity contribution in [1.29, 1.82) is 0 Å². The van der Waals surface area contributed by atoms with Gasteiger partial charge in [0.1, 0.15) is 12.4 Å². The number of carbonyl (C=O) groups is 1. The summed E-state index contributed by atoms with van der Waals surface area (Å²) < 4.78 is 10.8. The normalized spacial score (nSPS) is 19.9. The summed E-state index contributed by atoms with van der Waals surface area (Å²) in [5.41, 5.74) is 6.52. The summed E-state index contributed by atoms with van der Waals surface area (Å²) in [7, 11) is 0. The van der Waals surface area contributed by atoms with Gasteiger partial charge < -0.3 is 20.1 Å². The van der Waals surface area contributed by atoms with E-state index in [-0.39, 0.29) is 24.7 Å². The molecule has 1 aliphatic rings. The van der Waals surface area contributed by atoms with Crippen molar-refractivity contribution in [3.8, 4) is 5.75 Å². The van der Waals surface area contributed by atoms with E-state index in [2.05, 4.69) is 0 Å². The molecule has 0 aliphatic carbocycles. The summed E-state index contributed by atoms with van der Waals surface area (Å²) in [6, 6.07) is 7.39. The van der Waals surface area contributed by atoms with Crippen molar-refractivity contribution < 1.29 is 14.3 Å². The number of rotatable bonds is 4. The third-order valence-corrected chi connectivity index (χ3v) is 2.93. The molecule has 0 bridgehead atoms. The number of nitrogens with zero attached hydrogens (tertiary/aromatic N) is 1. The van der Waals surface area contributed by atoms with E-state index < -0.39 is 0 Å². The van der Waals surface area contributed by atoms with Crippen molar-refractivity contribution in [3.63, 3.8) is 0 Å². The van der Waals surface area contributed by atoms with E-state index in [1.807, 2.05) is 38.1 Å². The van der Waals surface area contributed by atoms with Gasteiger partial charge in [-0.15, -0.1) is 0 Å². The third kappa shape index (κ3) is 3.24. The first-order valence-corrected chi connectivity index (χ1v) is 6.48. The molecular formula is C14H20N2O3. The first-order valence-electron chi connectivity index (χ1n) is 6.48. The lowest BCUT2D eigenvalue weighted by atomic mass is 10.1. The van der Waals surface area contributed by atoms with E-state index in [0.717, 1.165) is 11.4 Å². The van der Waals surface area contributed by atoms with E-state index in [4.69, 9.17) is 15.2 Å². The number of hydrogen-bond donors (Lipinski definition) is 1. The smallest absolute Gasteiger partial charge is 0.253 e. The van der Waals surface area contributed by atoms with E-state index in [1.54, 1.807) is 4.90 Å². The number of carbonyl (C=O) groups excluding carboxylic acids is 1. The Morgan fingerprint density at radius 3 is 2.68 bits per heavy atom. The molecule has 1 amide bonds. The van der Waals surface area contributed by atoms with Crippen molar-refractivity contribution in [2.75, 3.05) is 24.7 Å². The molecule has 104 valence electrons. The summed E-state index contributed by atoms with van der Waals surface area (Å²) in [4.78, 5) is 13.7. The summed E-state index contributed by atoms with van der Waals surface area (Å²) >= 11 is 0. The maximum atomic E-state index is 11.9. The van der Waals surface area contributed by atoms with Gasteiger partial charge in [0.05, 0.1) is 18.8 Å². The van der Waals surface area contributed by atoms with Crippen LogP contribution in [0, 0.1) is 0 Å². The average Bonchev–Trinajstić information content (AvgIpc) is 2.39. The number of nitrogens with two attached hydrogens (primary N) is 1. The SMILES string of the molecule is CC(C)Oc1ccc(N2C(=O)COCC2CN)cc1. The molecule has 1 aromatic carbocycles. The Kier molecular flexibility index (Phi) is 4.39. The minimum Gasteiger partial charge on any atom is -0.491 e. The molecule has 1 aliphatic heterocycles. The fraction of sp³-hybridized carbons (Fsp3) is 0.500. The van der Waals surface area contributed by atoms with Crippen LogP contribution in [0.1, 0.15) is 13.8 Å². The summed E-state index contributed by atoms with van der Waals surface area (Å²) in [6.07, 6.45) is 0.132. The Labute approximate surface area is 113 Å². The number of hydrogen-bond acceptors (Lipinski definition) is 4. The van der Waals surface area contributed by atoms with Crippen LogP contribution in [0.3, 0.4) is 0 Å². The molecule has 1 aromatic rings. The standard InChI is InChI=1S/C14H20N2O3/c1-10(2)19-13-5-3-11(4-6-13)16-12(7-15)8-18-9-14(16)17/h3-6,10,12H,7-9,15H2,1-2H3. The maximum Gasteiger partial charge on any atom is 0.253 e. The van der Waals surface area contributed by atoms with Crippen molar-refractivity contribution >= 4 is 11.6 Å². The summed E-state index contributed by atoms with van der Waals surface area (Å²) in [5.74, 6) is 0.739. The van der Waals surface area contributed by atoms with Crippen LogP contribution in [-0.2, 0) is 9.53 Å². The Hall–Kier alpha value is -1.59. The van der Waals surface area contributed by atoms with Crippen molar-refractivity contribution in [2.24, 2.45) is 5.73 Å². The zero-order valence-corrected chi connectivity index (χ0v) is 11.3. The predicted molar refractivity (Wildman–Crippen MR) is 73.4 cm³/mol. The highest BCUT2D eigenvalue weighted by atomic mass is 16.5. The molecule has 0 saturated carbocycles. The lowest BCUT2D eigenvalue weighted by molar-refractivity contribution is -0.127. The van der Waals surface area contributed by atoms with E-state index >= 15 is 0 Å². The molecule has 1 atom stereocenters. The van der Waals surface area contributed by atoms with Crippen LogP contribution >= 0.6 is 0 Å². The molecule has 1 fully saturated rings. The number of anilines is 1. The lowest BCUT2D eigenvalue weighted by Crippen LogP contribution is -2.53. The second-order valence-corrected chi connectivity index (χ2v) is 4.83. The van der Waals surface area contributed by atoms with Crippen LogP contribution < -0.4 is 15.4 Å². The molecule has 1 saturated heterocycles. The lowest BCUT2D eigenvalue weighted by Gasteiger charge is -2.34. The number of morpholine rings is 1. The highest BCUT2D eigenvalue weighted by molar-refractivity contribution is 5.95. The monoisotopic (exact) mass is 264 g/mol. The van der Waals surface area contributed by atoms with Gasteiger partial charge in [0.25, 0.3) is 5.91 Å². The first-order chi connectivity index (χ1) is 9.11. The van der Waals surface area contributed by atoms with Gasteiger partial charge >= 0.3 is 0 Å². The molecule has 5 nitrogen and oxygen atoms in total. The summed E-state index contributed by atoms with van der Waals surface area (Å²) in [6.45, 7) is 4.93. The summed E-state index contributed by atoms with van der Waals surface area (Å²) in [5, 5.41) is 0. The van der Waals surface area contributed by atoms with Crippen LogP contribution in [0.15, 0.2) is 24.3 Å². The van der Waals surface area contributed by atoms with Gasteiger partial charge in [-0.05, 0) is 38.1 Å². The largest absolute Gasteiger partial charge is 0.491 e. The molecule has 2 N–H and O–H groups in total. The van der Waals surface area contributed by atoms with Gasteiger partial charge in [0.2, 0.25) is 0 Å².